The maximum absolute atomic E-state index is 5.74. The van der Waals surface area contributed by atoms with Gasteiger partial charge in [-0.05, 0) is 30.7 Å². The molecule has 0 unspecified atom stereocenters. The Hall–Kier alpha value is -1.96. The molecule has 88 valence electrons. The van der Waals surface area contributed by atoms with Gasteiger partial charge < -0.3 is 9.47 Å². The summed E-state index contributed by atoms with van der Waals surface area (Å²) in [5, 5.41) is 0. The predicted molar refractivity (Wildman–Crippen MR) is 68.5 cm³/mol. The average Bonchev–Trinajstić information content (AvgIpc) is 2.37. The number of benzene rings is 2. The molecule has 0 bridgehead atoms. The van der Waals surface area contributed by atoms with E-state index < -0.39 is 0 Å². The first-order valence-electron chi connectivity index (χ1n) is 5.61. The fraction of sp³-hybridized carbons (Fsp3) is 0.200. The van der Waals surface area contributed by atoms with Crippen LogP contribution in [0.3, 0.4) is 0 Å². The van der Waals surface area contributed by atoms with Crippen molar-refractivity contribution in [2.24, 2.45) is 0 Å². The Morgan fingerprint density at radius 3 is 2.59 bits per heavy atom. The summed E-state index contributed by atoms with van der Waals surface area (Å²) < 4.78 is 11.0. The second-order valence-electron chi connectivity index (χ2n) is 3.92. The van der Waals surface area contributed by atoms with E-state index in [9.17, 15) is 0 Å². The summed E-state index contributed by atoms with van der Waals surface area (Å²) in [6.07, 6.45) is 0. The molecule has 2 rings (SSSR count). The van der Waals surface area contributed by atoms with Crippen LogP contribution in [0.1, 0.15) is 11.1 Å². The molecular formula is C15H16O2. The number of hydrogen-bond acceptors (Lipinski definition) is 2. The smallest absolute Gasteiger partial charge is 0.125 e. The SMILES string of the molecule is COc1ccccc1COc1cccc(C)c1. The predicted octanol–water partition coefficient (Wildman–Crippen LogP) is 3.58. The van der Waals surface area contributed by atoms with Crippen molar-refractivity contribution in [1.29, 1.82) is 0 Å². The molecule has 0 spiro atoms. The van der Waals surface area contributed by atoms with E-state index in [-0.39, 0.29) is 0 Å². The lowest BCUT2D eigenvalue weighted by Crippen LogP contribution is -1.98. The summed E-state index contributed by atoms with van der Waals surface area (Å²) in [6, 6.07) is 15.9. The fourth-order valence-electron chi connectivity index (χ4n) is 1.69. The highest BCUT2D eigenvalue weighted by Gasteiger charge is 2.02. The van der Waals surface area contributed by atoms with Gasteiger partial charge in [0.05, 0.1) is 7.11 Å². The first kappa shape index (κ1) is 11.5. The number of aryl methyl sites for hydroxylation is 1. The van der Waals surface area contributed by atoms with E-state index in [2.05, 4.69) is 13.0 Å². The maximum Gasteiger partial charge on any atom is 0.125 e. The highest BCUT2D eigenvalue weighted by Crippen LogP contribution is 2.20. The standard InChI is InChI=1S/C15H16O2/c1-12-6-5-8-14(10-12)17-11-13-7-3-4-9-15(13)16-2/h3-10H,11H2,1-2H3. The van der Waals surface area contributed by atoms with Crippen LogP contribution in [-0.2, 0) is 6.61 Å². The molecule has 0 aliphatic rings. The second-order valence-corrected chi connectivity index (χ2v) is 3.92. The molecule has 0 saturated carbocycles. The van der Waals surface area contributed by atoms with Crippen molar-refractivity contribution in [3.63, 3.8) is 0 Å². The molecular weight excluding hydrogens is 212 g/mol. The summed E-state index contributed by atoms with van der Waals surface area (Å²) >= 11 is 0. The van der Waals surface area contributed by atoms with Gasteiger partial charge in [0.15, 0.2) is 0 Å². The van der Waals surface area contributed by atoms with Gasteiger partial charge in [-0.3, -0.25) is 0 Å². The normalized spacial score (nSPS) is 10.0. The molecule has 2 aromatic rings. The van der Waals surface area contributed by atoms with Crippen molar-refractivity contribution >= 4 is 0 Å². The van der Waals surface area contributed by atoms with E-state index >= 15 is 0 Å². The highest BCUT2D eigenvalue weighted by atomic mass is 16.5. The molecule has 0 heterocycles. The van der Waals surface area contributed by atoms with Crippen LogP contribution in [0.4, 0.5) is 0 Å². The summed E-state index contributed by atoms with van der Waals surface area (Å²) in [5.74, 6) is 1.75. The van der Waals surface area contributed by atoms with E-state index in [1.807, 2.05) is 42.5 Å². The average molecular weight is 228 g/mol. The van der Waals surface area contributed by atoms with Gasteiger partial charge in [-0.2, -0.15) is 0 Å². The minimum absolute atomic E-state index is 0.521. The molecule has 17 heavy (non-hydrogen) atoms. The van der Waals surface area contributed by atoms with Gasteiger partial charge in [-0.1, -0.05) is 30.3 Å². The summed E-state index contributed by atoms with van der Waals surface area (Å²) in [7, 11) is 1.67. The topological polar surface area (TPSA) is 18.5 Å². The van der Waals surface area contributed by atoms with E-state index in [1.54, 1.807) is 7.11 Å². The van der Waals surface area contributed by atoms with Crippen molar-refractivity contribution in [2.75, 3.05) is 7.11 Å². The molecule has 2 nitrogen and oxygen atoms in total. The zero-order chi connectivity index (χ0) is 12.1. The Kier molecular flexibility index (Phi) is 3.66. The molecule has 0 aliphatic heterocycles. The Labute approximate surface area is 102 Å². The van der Waals surface area contributed by atoms with Crippen molar-refractivity contribution in [3.8, 4) is 11.5 Å². The molecule has 0 saturated heterocycles. The highest BCUT2D eigenvalue weighted by molar-refractivity contribution is 5.34. The van der Waals surface area contributed by atoms with Gasteiger partial charge in [-0.25, -0.2) is 0 Å². The molecule has 0 fully saturated rings. The second kappa shape index (κ2) is 5.39. The molecule has 0 aromatic heterocycles. The largest absolute Gasteiger partial charge is 0.496 e. The third kappa shape index (κ3) is 3.00. The molecule has 0 radical (unpaired) electrons. The van der Waals surface area contributed by atoms with Gasteiger partial charge in [0.2, 0.25) is 0 Å². The van der Waals surface area contributed by atoms with Gasteiger partial charge in [0.25, 0.3) is 0 Å². The van der Waals surface area contributed by atoms with Gasteiger partial charge in [-0.15, -0.1) is 0 Å². The lowest BCUT2D eigenvalue weighted by Gasteiger charge is -2.10. The Bertz CT molecular complexity index is 492. The van der Waals surface area contributed by atoms with Gasteiger partial charge >= 0.3 is 0 Å². The van der Waals surface area contributed by atoms with Crippen molar-refractivity contribution in [2.45, 2.75) is 13.5 Å². The first-order chi connectivity index (χ1) is 8.29. The maximum atomic E-state index is 5.74. The Morgan fingerprint density at radius 1 is 1.00 bits per heavy atom. The van der Waals surface area contributed by atoms with Crippen LogP contribution in [-0.4, -0.2) is 7.11 Å². The fourth-order valence-corrected chi connectivity index (χ4v) is 1.69. The quantitative estimate of drug-likeness (QED) is 0.796. The van der Waals surface area contributed by atoms with E-state index in [4.69, 9.17) is 9.47 Å². The van der Waals surface area contributed by atoms with E-state index in [0.29, 0.717) is 6.61 Å². The van der Waals surface area contributed by atoms with Crippen LogP contribution in [0.5, 0.6) is 11.5 Å². The molecule has 2 heteroatoms. The summed E-state index contributed by atoms with van der Waals surface area (Å²) in [6.45, 7) is 2.57. The third-order valence-electron chi connectivity index (χ3n) is 2.58. The number of hydrogen-bond donors (Lipinski definition) is 0. The number of ether oxygens (including phenoxy) is 2. The first-order valence-corrected chi connectivity index (χ1v) is 5.61. The lowest BCUT2D eigenvalue weighted by molar-refractivity contribution is 0.296. The number of methoxy groups -OCH3 is 1. The minimum Gasteiger partial charge on any atom is -0.496 e. The van der Waals surface area contributed by atoms with Crippen LogP contribution in [0.2, 0.25) is 0 Å². The van der Waals surface area contributed by atoms with E-state index in [1.165, 1.54) is 5.56 Å². The van der Waals surface area contributed by atoms with Crippen LogP contribution in [0.15, 0.2) is 48.5 Å². The molecule has 0 amide bonds. The van der Waals surface area contributed by atoms with Crippen molar-refractivity contribution in [1.82, 2.24) is 0 Å². The van der Waals surface area contributed by atoms with Crippen molar-refractivity contribution < 1.29 is 9.47 Å². The zero-order valence-electron chi connectivity index (χ0n) is 10.1. The van der Waals surface area contributed by atoms with Crippen LogP contribution in [0.25, 0.3) is 0 Å². The molecule has 0 aliphatic carbocycles. The monoisotopic (exact) mass is 228 g/mol. The minimum atomic E-state index is 0.521. The van der Waals surface area contributed by atoms with Crippen LogP contribution < -0.4 is 9.47 Å². The molecule has 2 aromatic carbocycles. The lowest BCUT2D eigenvalue weighted by atomic mass is 10.2. The van der Waals surface area contributed by atoms with Crippen LogP contribution in [0, 0.1) is 6.92 Å². The van der Waals surface area contributed by atoms with Crippen LogP contribution >= 0.6 is 0 Å². The zero-order valence-corrected chi connectivity index (χ0v) is 10.1. The Balaban J connectivity index is 2.07. The Morgan fingerprint density at radius 2 is 1.82 bits per heavy atom. The third-order valence-corrected chi connectivity index (χ3v) is 2.58. The summed E-state index contributed by atoms with van der Waals surface area (Å²) in [5.41, 5.74) is 2.25. The van der Waals surface area contributed by atoms with Gasteiger partial charge in [0, 0.05) is 5.56 Å². The molecule has 0 N–H and O–H groups in total. The summed E-state index contributed by atoms with van der Waals surface area (Å²) in [4.78, 5) is 0. The number of rotatable bonds is 4. The van der Waals surface area contributed by atoms with Gasteiger partial charge in [0.1, 0.15) is 18.1 Å². The number of para-hydroxylation sites is 1. The van der Waals surface area contributed by atoms with Crippen molar-refractivity contribution in [3.05, 3.63) is 59.7 Å². The molecule has 0 atom stereocenters. The van der Waals surface area contributed by atoms with E-state index in [0.717, 1.165) is 17.1 Å².